The van der Waals surface area contributed by atoms with E-state index in [4.69, 9.17) is 0 Å². The number of aryl methyl sites for hydroxylation is 1. The van der Waals surface area contributed by atoms with Crippen molar-refractivity contribution in [3.63, 3.8) is 0 Å². The maximum Gasteiger partial charge on any atom is 0.272 e. The molecule has 4 heterocycles. The Balaban J connectivity index is 1.58. The van der Waals surface area contributed by atoms with Gasteiger partial charge in [-0.25, -0.2) is 9.97 Å². The highest BCUT2D eigenvalue weighted by Gasteiger charge is 2.28. The highest BCUT2D eigenvalue weighted by molar-refractivity contribution is 7.13. The number of hydrogen-bond acceptors (Lipinski definition) is 5. The van der Waals surface area contributed by atoms with Gasteiger partial charge >= 0.3 is 0 Å². The SMILES string of the molecule is CCn1cncc1C(=O)N1CCC[C@@H](c2nc(-c3cccs3)cc(=O)[nH]2)C1. The second kappa shape index (κ2) is 7.48. The highest BCUT2D eigenvalue weighted by atomic mass is 32.1. The molecule has 1 atom stereocenters. The number of likely N-dealkylation sites (tertiary alicyclic amines) is 1. The predicted molar refractivity (Wildman–Crippen MR) is 104 cm³/mol. The summed E-state index contributed by atoms with van der Waals surface area (Å²) in [6.45, 7) is 3.95. The van der Waals surface area contributed by atoms with Crippen molar-refractivity contribution in [3.05, 3.63) is 58.0 Å². The molecule has 0 aliphatic carbocycles. The topological polar surface area (TPSA) is 83.9 Å². The lowest BCUT2D eigenvalue weighted by Gasteiger charge is -2.32. The quantitative estimate of drug-likeness (QED) is 0.751. The first-order chi connectivity index (χ1) is 13.2. The molecule has 0 aromatic carbocycles. The average Bonchev–Trinajstić information content (AvgIpc) is 3.38. The number of hydrogen-bond donors (Lipinski definition) is 1. The van der Waals surface area contributed by atoms with Crippen LogP contribution in [0.3, 0.4) is 0 Å². The van der Waals surface area contributed by atoms with Gasteiger partial charge in [0.15, 0.2) is 0 Å². The average molecular weight is 383 g/mol. The van der Waals surface area contributed by atoms with E-state index in [-0.39, 0.29) is 17.4 Å². The van der Waals surface area contributed by atoms with E-state index in [0.29, 0.717) is 36.8 Å². The Kier molecular flexibility index (Phi) is 4.89. The summed E-state index contributed by atoms with van der Waals surface area (Å²) in [7, 11) is 0. The highest BCUT2D eigenvalue weighted by Crippen LogP contribution is 2.27. The second-order valence-electron chi connectivity index (χ2n) is 6.65. The fraction of sp³-hybridized carbons (Fsp3) is 0.368. The van der Waals surface area contributed by atoms with E-state index in [1.54, 1.807) is 23.9 Å². The first-order valence-electron chi connectivity index (χ1n) is 9.10. The van der Waals surface area contributed by atoms with Gasteiger partial charge in [-0.1, -0.05) is 6.07 Å². The summed E-state index contributed by atoms with van der Waals surface area (Å²) in [4.78, 5) is 39.5. The Hall–Kier alpha value is -2.74. The molecular weight excluding hydrogens is 362 g/mol. The Morgan fingerprint density at radius 2 is 2.33 bits per heavy atom. The number of thiophene rings is 1. The molecule has 1 N–H and O–H groups in total. The number of aromatic amines is 1. The van der Waals surface area contributed by atoms with Gasteiger partial charge in [-0.05, 0) is 31.2 Å². The minimum absolute atomic E-state index is 0.0178. The normalized spacial score (nSPS) is 17.2. The molecule has 1 fully saturated rings. The fourth-order valence-electron chi connectivity index (χ4n) is 3.52. The number of aromatic nitrogens is 4. The largest absolute Gasteiger partial charge is 0.337 e. The zero-order chi connectivity index (χ0) is 18.8. The second-order valence-corrected chi connectivity index (χ2v) is 7.60. The van der Waals surface area contributed by atoms with Gasteiger partial charge in [0, 0.05) is 31.6 Å². The number of imidazole rings is 1. The molecule has 1 aliphatic rings. The van der Waals surface area contributed by atoms with E-state index in [9.17, 15) is 9.59 Å². The van der Waals surface area contributed by atoms with Gasteiger partial charge in [0.2, 0.25) is 0 Å². The third kappa shape index (κ3) is 3.57. The maximum atomic E-state index is 12.9. The van der Waals surface area contributed by atoms with Gasteiger partial charge in [-0.3, -0.25) is 9.59 Å². The molecule has 8 heteroatoms. The zero-order valence-corrected chi connectivity index (χ0v) is 15.9. The van der Waals surface area contributed by atoms with Crippen LogP contribution >= 0.6 is 11.3 Å². The van der Waals surface area contributed by atoms with Crippen LogP contribution < -0.4 is 5.56 Å². The van der Waals surface area contributed by atoms with Gasteiger partial charge in [0.1, 0.15) is 11.5 Å². The Morgan fingerprint density at radius 3 is 3.11 bits per heavy atom. The van der Waals surface area contributed by atoms with Crippen LogP contribution in [0, 0.1) is 0 Å². The van der Waals surface area contributed by atoms with E-state index < -0.39 is 0 Å². The third-order valence-electron chi connectivity index (χ3n) is 4.90. The van der Waals surface area contributed by atoms with Crippen molar-refractivity contribution in [2.24, 2.45) is 0 Å². The molecule has 3 aromatic heterocycles. The van der Waals surface area contributed by atoms with E-state index in [0.717, 1.165) is 17.7 Å². The van der Waals surface area contributed by atoms with Crippen LogP contribution in [-0.4, -0.2) is 43.4 Å². The van der Waals surface area contributed by atoms with E-state index in [1.165, 1.54) is 6.07 Å². The summed E-state index contributed by atoms with van der Waals surface area (Å²) in [6, 6.07) is 5.43. The summed E-state index contributed by atoms with van der Waals surface area (Å²) < 4.78 is 1.85. The van der Waals surface area contributed by atoms with Crippen molar-refractivity contribution in [2.75, 3.05) is 13.1 Å². The molecule has 0 spiro atoms. The lowest BCUT2D eigenvalue weighted by molar-refractivity contribution is 0.0693. The number of piperidine rings is 1. The Labute approximate surface area is 160 Å². The number of carbonyl (C=O) groups is 1. The van der Waals surface area contributed by atoms with Gasteiger partial charge in [0.05, 0.1) is 23.1 Å². The van der Waals surface area contributed by atoms with E-state index >= 15 is 0 Å². The zero-order valence-electron chi connectivity index (χ0n) is 15.1. The molecule has 0 saturated carbocycles. The summed E-state index contributed by atoms with van der Waals surface area (Å²) >= 11 is 1.56. The van der Waals surface area contributed by atoms with Crippen molar-refractivity contribution in [2.45, 2.75) is 32.2 Å². The first kappa shape index (κ1) is 17.7. The molecule has 1 amide bonds. The molecule has 27 heavy (non-hydrogen) atoms. The van der Waals surface area contributed by atoms with Crippen molar-refractivity contribution in [1.82, 2.24) is 24.4 Å². The van der Waals surface area contributed by atoms with Crippen molar-refractivity contribution >= 4 is 17.2 Å². The standard InChI is InChI=1S/C19H21N5O2S/c1-2-23-12-20-10-15(23)19(26)24-7-3-5-13(11-24)18-21-14(9-17(25)22-18)16-6-4-8-27-16/h4,6,8-10,12-13H,2-3,5,7,11H2,1H3,(H,21,22,25)/t13-/m1/s1. The van der Waals surface area contributed by atoms with Gasteiger partial charge in [-0.2, -0.15) is 0 Å². The summed E-state index contributed by atoms with van der Waals surface area (Å²) in [5.74, 6) is 0.663. The lowest BCUT2D eigenvalue weighted by atomic mass is 9.96. The Morgan fingerprint density at radius 1 is 1.44 bits per heavy atom. The van der Waals surface area contributed by atoms with Crippen LogP contribution in [0.1, 0.15) is 42.0 Å². The van der Waals surface area contributed by atoms with Crippen molar-refractivity contribution in [3.8, 4) is 10.6 Å². The fourth-order valence-corrected chi connectivity index (χ4v) is 4.20. The number of rotatable bonds is 4. The molecule has 4 rings (SSSR count). The summed E-state index contributed by atoms with van der Waals surface area (Å²) in [5, 5.41) is 1.97. The summed E-state index contributed by atoms with van der Waals surface area (Å²) in [5.41, 5.74) is 1.14. The molecule has 1 aliphatic heterocycles. The minimum atomic E-state index is -0.157. The van der Waals surface area contributed by atoms with Crippen LogP contribution in [-0.2, 0) is 6.54 Å². The van der Waals surface area contributed by atoms with Gasteiger partial charge in [-0.15, -0.1) is 11.3 Å². The van der Waals surface area contributed by atoms with Crippen LogP contribution in [0.2, 0.25) is 0 Å². The maximum absolute atomic E-state index is 12.9. The third-order valence-corrected chi connectivity index (χ3v) is 5.79. The number of carbonyl (C=O) groups excluding carboxylic acids is 1. The summed E-state index contributed by atoms with van der Waals surface area (Å²) in [6.07, 6.45) is 5.07. The number of nitrogens with one attached hydrogen (secondary N) is 1. The van der Waals surface area contributed by atoms with E-state index in [2.05, 4.69) is 15.0 Å². The van der Waals surface area contributed by atoms with Gasteiger partial charge in [0.25, 0.3) is 11.5 Å². The van der Waals surface area contributed by atoms with Crippen molar-refractivity contribution < 1.29 is 4.79 Å². The molecule has 1 saturated heterocycles. The van der Waals surface area contributed by atoms with Crippen LogP contribution in [0.5, 0.6) is 0 Å². The number of H-pyrrole nitrogens is 1. The van der Waals surface area contributed by atoms with Gasteiger partial charge < -0.3 is 14.5 Å². The molecule has 3 aromatic rings. The number of amides is 1. The number of nitrogens with zero attached hydrogens (tertiary/aromatic N) is 4. The molecular formula is C19H21N5O2S. The molecule has 0 radical (unpaired) electrons. The molecule has 0 bridgehead atoms. The minimum Gasteiger partial charge on any atom is -0.337 e. The molecule has 7 nitrogen and oxygen atoms in total. The first-order valence-corrected chi connectivity index (χ1v) is 9.98. The van der Waals surface area contributed by atoms with E-state index in [1.807, 2.05) is 33.9 Å². The smallest absolute Gasteiger partial charge is 0.272 e. The van der Waals surface area contributed by atoms with Crippen LogP contribution in [0.15, 0.2) is 40.9 Å². The predicted octanol–water partition coefficient (Wildman–Crippen LogP) is 2.73. The van der Waals surface area contributed by atoms with Crippen LogP contribution in [0.25, 0.3) is 10.6 Å². The molecule has 0 unspecified atom stereocenters. The van der Waals surface area contributed by atoms with Crippen LogP contribution in [0.4, 0.5) is 0 Å². The Bertz CT molecular complexity index is 992. The monoisotopic (exact) mass is 383 g/mol. The molecule has 140 valence electrons. The lowest BCUT2D eigenvalue weighted by Crippen LogP contribution is -2.40. The van der Waals surface area contributed by atoms with Crippen molar-refractivity contribution in [1.29, 1.82) is 0 Å².